The molecule has 0 fully saturated rings. The van der Waals surface area contributed by atoms with Crippen molar-refractivity contribution in [1.82, 2.24) is 25.7 Å². The maximum absolute atomic E-state index is 13.3. The van der Waals surface area contributed by atoms with Gasteiger partial charge in [0.15, 0.2) is 0 Å². The van der Waals surface area contributed by atoms with Gasteiger partial charge in [-0.3, -0.25) is 4.79 Å². The number of nitrogens with one attached hydrogen (secondary N) is 1. The number of benzene rings is 2. The van der Waals surface area contributed by atoms with E-state index in [1.165, 1.54) is 18.2 Å². The summed E-state index contributed by atoms with van der Waals surface area (Å²) in [5.74, 6) is -1.04. The maximum Gasteiger partial charge on any atom is 0.271 e. The summed E-state index contributed by atoms with van der Waals surface area (Å²) in [6.45, 7) is 0. The smallest absolute Gasteiger partial charge is 0.267 e. The number of hydrogen-bond donors (Lipinski definition) is 1. The Balaban J connectivity index is 1.59. The van der Waals surface area contributed by atoms with Crippen molar-refractivity contribution in [3.8, 4) is 11.3 Å². The van der Waals surface area contributed by atoms with Gasteiger partial charge in [0.2, 0.25) is 11.3 Å². The van der Waals surface area contributed by atoms with Crippen molar-refractivity contribution in [3.05, 3.63) is 71.2 Å². The molecule has 0 radical (unpaired) electrons. The molecule has 1 amide bonds. The topological polar surface area (TPSA) is 106 Å². The minimum atomic E-state index is -0.537. The third-order valence-corrected chi connectivity index (χ3v) is 4.13. The number of rotatable bonds is 2. The Bertz CT molecular complexity index is 1250. The number of fused-ring (bicyclic) bond motifs is 4. The average molecular weight is 360 g/mol. The number of halogens is 1. The van der Waals surface area contributed by atoms with E-state index in [1.807, 2.05) is 24.3 Å². The van der Waals surface area contributed by atoms with E-state index in [0.29, 0.717) is 17.1 Å². The lowest BCUT2D eigenvalue weighted by atomic mass is 10.1. The normalized spacial score (nSPS) is 13.6. The Morgan fingerprint density at radius 1 is 0.963 bits per heavy atom. The minimum absolute atomic E-state index is 0.160. The van der Waals surface area contributed by atoms with Gasteiger partial charge < -0.3 is 0 Å². The van der Waals surface area contributed by atoms with Crippen molar-refractivity contribution in [3.63, 3.8) is 0 Å². The van der Waals surface area contributed by atoms with Crippen LogP contribution in [-0.4, -0.2) is 31.9 Å². The van der Waals surface area contributed by atoms with Gasteiger partial charge in [-0.05, 0) is 28.5 Å². The predicted molar refractivity (Wildman–Crippen MR) is 92.3 cm³/mol. The molecule has 0 unspecified atom stereocenters. The SMILES string of the molecule is O=C(N/N=C1/c2ccccc2-c2nc3nonc3nc21)c1cccc(F)c1. The third kappa shape index (κ3) is 2.44. The van der Waals surface area contributed by atoms with Crippen molar-refractivity contribution < 1.29 is 13.8 Å². The van der Waals surface area contributed by atoms with Gasteiger partial charge in [-0.25, -0.2) is 24.4 Å². The van der Waals surface area contributed by atoms with Gasteiger partial charge in [0.05, 0.1) is 0 Å². The molecule has 2 aromatic heterocycles. The van der Waals surface area contributed by atoms with Crippen LogP contribution in [0.25, 0.3) is 22.6 Å². The molecule has 1 aliphatic carbocycles. The summed E-state index contributed by atoms with van der Waals surface area (Å²) in [4.78, 5) is 21.1. The Kier molecular flexibility index (Phi) is 3.26. The largest absolute Gasteiger partial charge is 0.271 e. The lowest BCUT2D eigenvalue weighted by Gasteiger charge is -2.03. The van der Waals surface area contributed by atoms with E-state index in [1.54, 1.807) is 0 Å². The van der Waals surface area contributed by atoms with Gasteiger partial charge in [0.1, 0.15) is 22.9 Å². The molecule has 2 heterocycles. The summed E-state index contributed by atoms with van der Waals surface area (Å²) in [6, 6.07) is 12.8. The van der Waals surface area contributed by atoms with E-state index < -0.39 is 11.7 Å². The van der Waals surface area contributed by atoms with Crippen molar-refractivity contribution >= 4 is 22.9 Å². The molecule has 5 rings (SSSR count). The number of aromatic nitrogens is 4. The summed E-state index contributed by atoms with van der Waals surface area (Å²) in [5, 5.41) is 11.6. The zero-order chi connectivity index (χ0) is 18.4. The quantitative estimate of drug-likeness (QED) is 0.484. The van der Waals surface area contributed by atoms with Gasteiger partial charge in [-0.15, -0.1) is 0 Å². The highest BCUT2D eigenvalue weighted by Crippen LogP contribution is 2.34. The lowest BCUT2D eigenvalue weighted by molar-refractivity contribution is 0.0954. The van der Waals surface area contributed by atoms with Crippen LogP contribution in [-0.2, 0) is 0 Å². The van der Waals surface area contributed by atoms with Crippen LogP contribution < -0.4 is 5.43 Å². The number of amides is 1. The fourth-order valence-corrected chi connectivity index (χ4v) is 2.93. The van der Waals surface area contributed by atoms with Crippen molar-refractivity contribution in [1.29, 1.82) is 0 Å². The molecule has 0 saturated heterocycles. The van der Waals surface area contributed by atoms with Crippen molar-refractivity contribution in [2.24, 2.45) is 5.10 Å². The Hall–Kier alpha value is -4.01. The molecule has 1 aliphatic rings. The molecule has 0 bridgehead atoms. The molecule has 0 spiro atoms. The number of carbonyl (C=O) groups excluding carboxylic acids is 1. The highest BCUT2D eigenvalue weighted by atomic mass is 19.1. The van der Waals surface area contributed by atoms with E-state index in [-0.39, 0.29) is 16.9 Å². The zero-order valence-electron chi connectivity index (χ0n) is 13.5. The molecule has 130 valence electrons. The summed E-state index contributed by atoms with van der Waals surface area (Å²) < 4.78 is 18.0. The molecule has 2 aromatic carbocycles. The molecule has 0 aliphatic heterocycles. The summed E-state index contributed by atoms with van der Waals surface area (Å²) in [5.41, 5.74) is 6.17. The lowest BCUT2D eigenvalue weighted by Crippen LogP contribution is -2.20. The van der Waals surface area contributed by atoms with Gasteiger partial charge in [-0.2, -0.15) is 5.10 Å². The van der Waals surface area contributed by atoms with E-state index >= 15 is 0 Å². The fraction of sp³-hybridized carbons (Fsp3) is 0. The second-order valence-corrected chi connectivity index (χ2v) is 5.79. The zero-order valence-corrected chi connectivity index (χ0v) is 13.5. The monoisotopic (exact) mass is 360 g/mol. The van der Waals surface area contributed by atoms with Crippen LogP contribution in [0.4, 0.5) is 4.39 Å². The number of carbonyl (C=O) groups is 1. The van der Waals surface area contributed by atoms with E-state index in [0.717, 1.165) is 17.2 Å². The van der Waals surface area contributed by atoms with E-state index in [4.69, 9.17) is 0 Å². The Morgan fingerprint density at radius 3 is 2.48 bits per heavy atom. The first-order chi connectivity index (χ1) is 13.2. The molecule has 9 heteroatoms. The van der Waals surface area contributed by atoms with Gasteiger partial charge in [-0.1, -0.05) is 30.3 Å². The molecule has 8 nitrogen and oxygen atoms in total. The number of hydrogen-bond acceptors (Lipinski definition) is 7. The Morgan fingerprint density at radius 2 is 1.70 bits per heavy atom. The standard InChI is InChI=1S/C18H9FN6O2/c19-10-5-3-4-9(8-10)18(26)23-22-14-12-7-2-1-6-11(12)13-15(14)21-17-16(20-13)24-27-25-17/h1-8H,(H,23,26)/b22-14-. The predicted octanol–water partition coefficient (Wildman–Crippen LogP) is 2.31. The van der Waals surface area contributed by atoms with Crippen molar-refractivity contribution in [2.75, 3.05) is 0 Å². The molecule has 1 N–H and O–H groups in total. The van der Waals surface area contributed by atoms with Crippen LogP contribution in [0.3, 0.4) is 0 Å². The van der Waals surface area contributed by atoms with Crippen LogP contribution in [0.15, 0.2) is 58.3 Å². The first-order valence-corrected chi connectivity index (χ1v) is 7.95. The minimum Gasteiger partial charge on any atom is -0.267 e. The summed E-state index contributed by atoms with van der Waals surface area (Å²) in [7, 11) is 0. The average Bonchev–Trinajstić information content (AvgIpc) is 3.26. The fourth-order valence-electron chi connectivity index (χ4n) is 2.93. The van der Waals surface area contributed by atoms with Crippen LogP contribution in [0.5, 0.6) is 0 Å². The molecule has 4 aromatic rings. The second-order valence-electron chi connectivity index (χ2n) is 5.79. The summed E-state index contributed by atoms with van der Waals surface area (Å²) >= 11 is 0. The highest BCUT2D eigenvalue weighted by Gasteiger charge is 2.29. The maximum atomic E-state index is 13.3. The molecular formula is C18H9FN6O2. The molecular weight excluding hydrogens is 351 g/mol. The van der Waals surface area contributed by atoms with E-state index in [9.17, 15) is 9.18 Å². The molecule has 0 atom stereocenters. The highest BCUT2D eigenvalue weighted by molar-refractivity contribution is 6.23. The number of hydrazone groups is 1. The van der Waals surface area contributed by atoms with Gasteiger partial charge in [0.25, 0.3) is 5.91 Å². The summed E-state index contributed by atoms with van der Waals surface area (Å²) in [6.07, 6.45) is 0. The van der Waals surface area contributed by atoms with Crippen LogP contribution in [0.1, 0.15) is 21.6 Å². The van der Waals surface area contributed by atoms with Crippen LogP contribution in [0.2, 0.25) is 0 Å². The van der Waals surface area contributed by atoms with E-state index in [2.05, 4.69) is 35.4 Å². The Labute approximate surface area is 150 Å². The number of nitrogens with zero attached hydrogens (tertiary/aromatic N) is 5. The third-order valence-electron chi connectivity index (χ3n) is 4.13. The molecule has 27 heavy (non-hydrogen) atoms. The molecule has 0 saturated carbocycles. The van der Waals surface area contributed by atoms with Crippen LogP contribution >= 0.6 is 0 Å². The second kappa shape index (κ2) is 5.77. The van der Waals surface area contributed by atoms with Crippen LogP contribution in [0, 0.1) is 5.82 Å². The van der Waals surface area contributed by atoms with Crippen molar-refractivity contribution in [2.45, 2.75) is 0 Å². The van der Waals surface area contributed by atoms with Gasteiger partial charge in [0, 0.05) is 16.7 Å². The first kappa shape index (κ1) is 15.3. The van der Waals surface area contributed by atoms with Gasteiger partial charge >= 0.3 is 0 Å². The first-order valence-electron chi connectivity index (χ1n) is 7.95.